The van der Waals surface area contributed by atoms with E-state index < -0.39 is 27.5 Å². The number of nitrogens with zero attached hydrogens (tertiary/aromatic N) is 2. The second kappa shape index (κ2) is 8.19. The summed E-state index contributed by atoms with van der Waals surface area (Å²) < 4.78 is 83.8. The lowest BCUT2D eigenvalue weighted by atomic mass is 10.1. The third-order valence-corrected chi connectivity index (χ3v) is 6.15. The quantitative estimate of drug-likeness (QED) is 0.530. The van der Waals surface area contributed by atoms with E-state index in [1.54, 1.807) is 0 Å². The lowest BCUT2D eigenvalue weighted by Gasteiger charge is -2.10. The lowest BCUT2D eigenvalue weighted by molar-refractivity contribution is -0.141. The Bertz CT molecular complexity index is 1150. The number of hydrogen-bond donors (Lipinski definition) is 0. The normalized spacial score (nSPS) is 12.3. The van der Waals surface area contributed by atoms with Crippen LogP contribution in [-0.4, -0.2) is 37.7 Å². The molecule has 0 spiro atoms. The van der Waals surface area contributed by atoms with Crippen molar-refractivity contribution >= 4 is 9.84 Å². The molecule has 3 aromatic rings. The van der Waals surface area contributed by atoms with Gasteiger partial charge in [-0.3, -0.25) is 0 Å². The number of alkyl halides is 3. The Morgan fingerprint density at radius 1 is 1.07 bits per heavy atom. The molecular formula is C20H18F4N2O3S. The first-order valence-corrected chi connectivity index (χ1v) is 10.4. The number of ether oxygens (including phenoxy) is 1. The summed E-state index contributed by atoms with van der Waals surface area (Å²) >= 11 is 0. The molecule has 0 aliphatic rings. The Hall–Kier alpha value is -2.72. The van der Waals surface area contributed by atoms with E-state index in [1.165, 1.54) is 50.4 Å². The third-order valence-electron chi connectivity index (χ3n) is 4.45. The van der Waals surface area contributed by atoms with Crippen LogP contribution in [0.15, 0.2) is 53.4 Å². The van der Waals surface area contributed by atoms with Crippen molar-refractivity contribution in [3.05, 3.63) is 65.6 Å². The van der Waals surface area contributed by atoms with Crippen molar-refractivity contribution < 1.29 is 30.7 Å². The van der Waals surface area contributed by atoms with Crippen LogP contribution < -0.4 is 0 Å². The van der Waals surface area contributed by atoms with Crippen molar-refractivity contribution in [3.63, 3.8) is 0 Å². The van der Waals surface area contributed by atoms with Gasteiger partial charge in [-0.15, -0.1) is 0 Å². The summed E-state index contributed by atoms with van der Waals surface area (Å²) in [5.74, 6) is -0.706. The SMILES string of the molecule is COCCS(=O)(=O)c1ccc(-c2cc(C(F)(F)F)nn2-c2ccc(F)c(C)c2)cc1. The minimum absolute atomic E-state index is 0.0235. The maximum Gasteiger partial charge on any atom is 0.435 e. The predicted octanol–water partition coefficient (Wildman–Crippen LogP) is 4.43. The van der Waals surface area contributed by atoms with Gasteiger partial charge >= 0.3 is 6.18 Å². The number of benzene rings is 2. The highest BCUT2D eigenvalue weighted by atomic mass is 32.2. The molecule has 0 fully saturated rings. The third kappa shape index (κ3) is 4.54. The largest absolute Gasteiger partial charge is 0.435 e. The molecule has 3 rings (SSSR count). The van der Waals surface area contributed by atoms with Gasteiger partial charge in [0.1, 0.15) is 5.82 Å². The van der Waals surface area contributed by atoms with Crippen molar-refractivity contribution in [1.29, 1.82) is 0 Å². The van der Waals surface area contributed by atoms with Gasteiger partial charge in [-0.1, -0.05) is 12.1 Å². The van der Waals surface area contributed by atoms with Crippen molar-refractivity contribution in [2.24, 2.45) is 0 Å². The Labute approximate surface area is 170 Å². The first kappa shape index (κ1) is 22.0. The fraction of sp³-hybridized carbons (Fsp3) is 0.250. The van der Waals surface area contributed by atoms with Crippen LogP contribution in [0.5, 0.6) is 0 Å². The van der Waals surface area contributed by atoms with Gasteiger partial charge in [-0.25, -0.2) is 17.5 Å². The van der Waals surface area contributed by atoms with Crippen molar-refractivity contribution in [2.45, 2.75) is 18.0 Å². The van der Waals surface area contributed by atoms with Crippen LogP contribution in [0.1, 0.15) is 11.3 Å². The highest BCUT2D eigenvalue weighted by Gasteiger charge is 2.35. The van der Waals surface area contributed by atoms with E-state index >= 15 is 0 Å². The zero-order valence-corrected chi connectivity index (χ0v) is 16.9. The topological polar surface area (TPSA) is 61.2 Å². The summed E-state index contributed by atoms with van der Waals surface area (Å²) in [5, 5.41) is 3.65. The predicted molar refractivity (Wildman–Crippen MR) is 103 cm³/mol. The standard InChI is InChI=1S/C20H18F4N2O3S/c1-13-11-15(5-8-17(13)21)26-18(12-19(25-26)20(22,23)24)14-3-6-16(7-4-14)30(27,28)10-9-29-2/h3-8,11-12H,9-10H2,1-2H3. The second-order valence-electron chi connectivity index (χ2n) is 6.59. The maximum atomic E-state index is 13.6. The Kier molecular flexibility index (Phi) is 6.00. The molecule has 0 bridgehead atoms. The maximum absolute atomic E-state index is 13.6. The molecule has 0 radical (unpaired) electrons. The number of sulfone groups is 1. The minimum Gasteiger partial charge on any atom is -0.384 e. The molecule has 0 saturated heterocycles. The number of hydrogen-bond acceptors (Lipinski definition) is 4. The van der Waals surface area contributed by atoms with Gasteiger partial charge in [0.25, 0.3) is 0 Å². The van der Waals surface area contributed by atoms with Gasteiger partial charge in [0.15, 0.2) is 15.5 Å². The molecule has 0 saturated carbocycles. The Balaban J connectivity index is 2.08. The number of methoxy groups -OCH3 is 1. The molecule has 0 aliphatic carbocycles. The van der Waals surface area contributed by atoms with Crippen LogP contribution in [0.4, 0.5) is 17.6 Å². The number of aromatic nitrogens is 2. The number of rotatable bonds is 6. The van der Waals surface area contributed by atoms with E-state index in [0.717, 1.165) is 16.8 Å². The molecule has 0 amide bonds. The zero-order valence-electron chi connectivity index (χ0n) is 16.1. The van der Waals surface area contributed by atoms with Crippen LogP contribution in [0.2, 0.25) is 0 Å². The number of halogens is 4. The molecule has 0 atom stereocenters. The molecule has 30 heavy (non-hydrogen) atoms. The van der Waals surface area contributed by atoms with E-state index in [2.05, 4.69) is 5.10 Å². The van der Waals surface area contributed by atoms with E-state index in [1.807, 2.05) is 0 Å². The summed E-state index contributed by atoms with van der Waals surface area (Å²) in [4.78, 5) is 0.0306. The first-order valence-electron chi connectivity index (χ1n) is 8.79. The van der Waals surface area contributed by atoms with Gasteiger partial charge < -0.3 is 4.74 Å². The second-order valence-corrected chi connectivity index (χ2v) is 8.70. The molecule has 1 heterocycles. The molecule has 1 aromatic heterocycles. The summed E-state index contributed by atoms with van der Waals surface area (Å²) in [6.07, 6.45) is -4.68. The Morgan fingerprint density at radius 2 is 1.73 bits per heavy atom. The van der Waals surface area contributed by atoms with Gasteiger partial charge in [-0.2, -0.15) is 18.3 Å². The minimum atomic E-state index is -4.68. The molecular weight excluding hydrogens is 424 g/mol. The summed E-state index contributed by atoms with van der Waals surface area (Å²) in [5.41, 5.74) is -0.200. The van der Waals surface area contributed by atoms with Crippen LogP contribution in [0.25, 0.3) is 16.9 Å². The average molecular weight is 442 g/mol. The van der Waals surface area contributed by atoms with E-state index in [0.29, 0.717) is 5.56 Å². The van der Waals surface area contributed by atoms with E-state index in [4.69, 9.17) is 4.74 Å². The molecule has 160 valence electrons. The fourth-order valence-corrected chi connectivity index (χ4v) is 4.00. The molecule has 5 nitrogen and oxygen atoms in total. The highest BCUT2D eigenvalue weighted by Crippen LogP contribution is 2.33. The first-order chi connectivity index (χ1) is 14.0. The Morgan fingerprint density at radius 3 is 2.30 bits per heavy atom. The monoisotopic (exact) mass is 442 g/mol. The highest BCUT2D eigenvalue weighted by molar-refractivity contribution is 7.91. The zero-order chi connectivity index (χ0) is 22.1. The van der Waals surface area contributed by atoms with Crippen molar-refractivity contribution in [3.8, 4) is 16.9 Å². The van der Waals surface area contributed by atoms with Gasteiger partial charge in [0.2, 0.25) is 0 Å². The van der Waals surface area contributed by atoms with Gasteiger partial charge in [0, 0.05) is 12.7 Å². The van der Waals surface area contributed by atoms with E-state index in [-0.39, 0.29) is 34.2 Å². The smallest absolute Gasteiger partial charge is 0.384 e. The van der Waals surface area contributed by atoms with Gasteiger partial charge in [0.05, 0.1) is 28.6 Å². The summed E-state index contributed by atoms with van der Waals surface area (Å²) in [6.45, 7) is 1.52. The van der Waals surface area contributed by atoms with E-state index in [9.17, 15) is 26.0 Å². The molecule has 10 heteroatoms. The summed E-state index contributed by atoms with van der Waals surface area (Å²) in [6, 6.07) is 10.2. The summed E-state index contributed by atoms with van der Waals surface area (Å²) in [7, 11) is -2.20. The van der Waals surface area contributed by atoms with Crippen LogP contribution in [0, 0.1) is 12.7 Å². The molecule has 0 aliphatic heterocycles. The van der Waals surface area contributed by atoms with Crippen LogP contribution in [-0.2, 0) is 20.8 Å². The molecule has 0 unspecified atom stereocenters. The fourth-order valence-electron chi connectivity index (χ4n) is 2.83. The van der Waals surface area contributed by atoms with Crippen LogP contribution in [0.3, 0.4) is 0 Å². The molecule has 0 N–H and O–H groups in total. The van der Waals surface area contributed by atoms with Crippen molar-refractivity contribution in [2.75, 3.05) is 19.5 Å². The van der Waals surface area contributed by atoms with Crippen molar-refractivity contribution in [1.82, 2.24) is 9.78 Å². The average Bonchev–Trinajstić information content (AvgIpc) is 3.14. The van der Waals surface area contributed by atoms with Crippen LogP contribution >= 0.6 is 0 Å². The van der Waals surface area contributed by atoms with Gasteiger partial charge in [-0.05, 0) is 48.9 Å². The molecule has 2 aromatic carbocycles. The lowest BCUT2D eigenvalue weighted by Crippen LogP contribution is -2.11. The number of aryl methyl sites for hydroxylation is 1.